The first-order chi connectivity index (χ1) is 20.3. The maximum absolute atomic E-state index is 13.6. The first-order valence-electron chi connectivity index (χ1n) is 13.5. The summed E-state index contributed by atoms with van der Waals surface area (Å²) in [5.74, 6) is 0.781. The Kier molecular flexibility index (Phi) is 10.9. The van der Waals surface area contributed by atoms with Crippen molar-refractivity contribution in [1.82, 2.24) is 4.90 Å². The molecule has 0 unspecified atom stereocenters. The fourth-order valence-corrected chi connectivity index (χ4v) is 5.47. The van der Waals surface area contributed by atoms with Crippen LogP contribution in [-0.4, -0.2) is 44.9 Å². The van der Waals surface area contributed by atoms with Gasteiger partial charge in [-0.15, -0.1) is 12.4 Å². The zero-order chi connectivity index (χ0) is 31.5. The predicted molar refractivity (Wildman–Crippen MR) is 155 cm³/mol. The summed E-state index contributed by atoms with van der Waals surface area (Å²) in [4.78, 5) is 16.5. The van der Waals surface area contributed by atoms with Crippen LogP contribution in [0.3, 0.4) is 0 Å². The highest BCUT2D eigenvalue weighted by Crippen LogP contribution is 2.46. The molecule has 0 aromatic heterocycles. The van der Waals surface area contributed by atoms with Crippen LogP contribution in [0.1, 0.15) is 47.2 Å². The summed E-state index contributed by atoms with van der Waals surface area (Å²) in [6, 6.07) is 13.6. The first-order valence-corrected chi connectivity index (χ1v) is 13.5. The minimum absolute atomic E-state index is 0. The van der Waals surface area contributed by atoms with Gasteiger partial charge in [-0.1, -0.05) is 30.3 Å². The van der Waals surface area contributed by atoms with Gasteiger partial charge in [0, 0.05) is 36.4 Å². The van der Waals surface area contributed by atoms with E-state index < -0.39 is 42.2 Å². The van der Waals surface area contributed by atoms with Gasteiger partial charge in [0.25, 0.3) is 0 Å². The molecular weight excluding hydrogens is 614 g/mol. The number of halogens is 7. The van der Waals surface area contributed by atoms with Crippen molar-refractivity contribution >= 4 is 24.2 Å². The fraction of sp³-hybridized carbons (Fsp3) is 0.387. The second kappa shape index (κ2) is 13.9. The van der Waals surface area contributed by atoms with Crippen molar-refractivity contribution in [3.05, 3.63) is 88.5 Å². The van der Waals surface area contributed by atoms with Crippen LogP contribution in [-0.2, 0) is 30.1 Å². The lowest BCUT2D eigenvalue weighted by atomic mass is 9.89. The summed E-state index contributed by atoms with van der Waals surface area (Å²) in [6.45, 7) is 1.98. The molecule has 0 saturated carbocycles. The summed E-state index contributed by atoms with van der Waals surface area (Å²) in [5.41, 5.74) is -0.853. The Hall–Kier alpha value is -3.80. The third-order valence-electron chi connectivity index (χ3n) is 7.57. The molecule has 0 spiro atoms. The van der Waals surface area contributed by atoms with Crippen molar-refractivity contribution in [2.24, 2.45) is 0 Å². The normalized spacial score (nSPS) is 16.5. The molecular formula is C31H33ClF6N2O4. The highest BCUT2D eigenvalue weighted by molar-refractivity contribution is 5.85. The van der Waals surface area contributed by atoms with Crippen molar-refractivity contribution in [3.63, 3.8) is 0 Å². The summed E-state index contributed by atoms with van der Waals surface area (Å²) < 4.78 is 97.6. The molecule has 0 radical (unpaired) electrons. The molecule has 3 aromatic rings. The number of nitrogens with zero attached hydrogens (tertiary/aromatic N) is 2. The lowest BCUT2D eigenvalue weighted by Gasteiger charge is -2.44. The number of methoxy groups -OCH3 is 3. The third-order valence-corrected chi connectivity index (χ3v) is 7.57. The minimum atomic E-state index is -5.03. The van der Waals surface area contributed by atoms with Crippen LogP contribution in [0.4, 0.5) is 36.8 Å². The molecule has 0 bridgehead atoms. The number of anilines is 1. The number of rotatable bonds is 8. The Bertz CT molecular complexity index is 1400. The number of hydrogen-bond acceptors (Lipinski definition) is 5. The molecule has 1 aliphatic rings. The van der Waals surface area contributed by atoms with Crippen LogP contribution >= 0.6 is 12.4 Å². The Labute approximate surface area is 257 Å². The number of amides is 1. The standard InChI is InChI=1S/C31H32F6N2O4.ClH/c1-19-12-25(39(29(40)43-4)18-21-13-22(30(32,33)34)15-23(14-21)31(35,36)37)24-16-27(41-2)28(42-3)17-26(24)38(19)11-10-20-8-6-5-7-9-20;/h5-9,13-17,19,25H,10-12,18H2,1-4H3;1H/t19-,25+;/m0./s1. The molecule has 0 N–H and O–H groups in total. The summed E-state index contributed by atoms with van der Waals surface area (Å²) in [6.07, 6.45) is -9.93. The largest absolute Gasteiger partial charge is 0.493 e. The molecule has 1 aliphatic heterocycles. The van der Waals surface area contributed by atoms with E-state index in [1.165, 1.54) is 14.2 Å². The summed E-state index contributed by atoms with van der Waals surface area (Å²) >= 11 is 0. The average molecular weight is 647 g/mol. The van der Waals surface area contributed by atoms with Crippen molar-refractivity contribution in [2.75, 3.05) is 32.8 Å². The Morgan fingerprint density at radius 1 is 0.864 bits per heavy atom. The van der Waals surface area contributed by atoms with Gasteiger partial charge < -0.3 is 19.1 Å². The zero-order valence-corrected chi connectivity index (χ0v) is 25.3. The second-order valence-corrected chi connectivity index (χ2v) is 10.3. The Balaban J connectivity index is 0.00000529. The smallest absolute Gasteiger partial charge is 0.416 e. The molecule has 44 heavy (non-hydrogen) atoms. The maximum atomic E-state index is 13.6. The van der Waals surface area contributed by atoms with Gasteiger partial charge >= 0.3 is 18.4 Å². The van der Waals surface area contributed by atoms with E-state index in [1.807, 2.05) is 37.3 Å². The van der Waals surface area contributed by atoms with E-state index in [4.69, 9.17) is 14.2 Å². The summed E-state index contributed by atoms with van der Waals surface area (Å²) in [5, 5.41) is 0. The van der Waals surface area contributed by atoms with Crippen molar-refractivity contribution in [2.45, 2.75) is 50.7 Å². The number of benzene rings is 3. The molecule has 4 rings (SSSR count). The number of fused-ring (bicyclic) bond motifs is 1. The van der Waals surface area contributed by atoms with Gasteiger partial charge in [0.05, 0.1) is 38.5 Å². The van der Waals surface area contributed by atoms with Gasteiger partial charge in [0.1, 0.15) is 0 Å². The van der Waals surface area contributed by atoms with Gasteiger partial charge in [-0.25, -0.2) is 4.79 Å². The fourth-order valence-electron chi connectivity index (χ4n) is 5.47. The quantitative estimate of drug-likeness (QED) is 0.231. The van der Waals surface area contributed by atoms with E-state index >= 15 is 0 Å². The molecule has 0 saturated heterocycles. The highest BCUT2D eigenvalue weighted by atomic mass is 35.5. The topological polar surface area (TPSA) is 51.2 Å². The SMILES string of the molecule is COC(=O)N(Cc1cc(C(F)(F)F)cc(C(F)(F)F)c1)[C@@H]1C[C@H](C)N(CCc2ccccc2)c2cc(OC)c(OC)cc21.Cl. The maximum Gasteiger partial charge on any atom is 0.416 e. The van der Waals surface area contributed by atoms with E-state index in [9.17, 15) is 31.1 Å². The number of carbonyl (C=O) groups is 1. The third kappa shape index (κ3) is 7.64. The molecule has 240 valence electrons. The highest BCUT2D eigenvalue weighted by Gasteiger charge is 2.40. The molecule has 2 atom stereocenters. The van der Waals surface area contributed by atoms with Gasteiger partial charge in [-0.05, 0) is 55.2 Å². The van der Waals surface area contributed by atoms with Gasteiger partial charge in [0.2, 0.25) is 0 Å². The van der Waals surface area contributed by atoms with Crippen molar-refractivity contribution in [1.29, 1.82) is 0 Å². The molecule has 0 fully saturated rings. The minimum Gasteiger partial charge on any atom is -0.493 e. The lowest BCUT2D eigenvalue weighted by Crippen LogP contribution is -2.45. The van der Waals surface area contributed by atoms with Gasteiger partial charge in [0.15, 0.2) is 11.5 Å². The molecule has 1 amide bonds. The van der Waals surface area contributed by atoms with Crippen LogP contribution in [0.15, 0.2) is 60.7 Å². The van der Waals surface area contributed by atoms with Crippen LogP contribution < -0.4 is 14.4 Å². The van der Waals surface area contributed by atoms with E-state index in [2.05, 4.69) is 4.90 Å². The van der Waals surface area contributed by atoms with E-state index in [-0.39, 0.29) is 30.1 Å². The summed E-state index contributed by atoms with van der Waals surface area (Å²) in [7, 11) is 4.03. The number of hydrogen-bond donors (Lipinski definition) is 0. The van der Waals surface area contributed by atoms with Crippen molar-refractivity contribution in [3.8, 4) is 11.5 Å². The Morgan fingerprint density at radius 3 is 1.95 bits per heavy atom. The van der Waals surface area contributed by atoms with E-state index in [0.29, 0.717) is 54.3 Å². The van der Waals surface area contributed by atoms with Gasteiger partial charge in [-0.3, -0.25) is 4.90 Å². The molecule has 1 heterocycles. The van der Waals surface area contributed by atoms with Crippen molar-refractivity contribution < 1.29 is 45.3 Å². The Morgan fingerprint density at radius 2 is 1.43 bits per heavy atom. The van der Waals surface area contributed by atoms with Crippen LogP contribution in [0.2, 0.25) is 0 Å². The van der Waals surface area contributed by atoms with Gasteiger partial charge in [-0.2, -0.15) is 26.3 Å². The molecule has 13 heteroatoms. The second-order valence-electron chi connectivity index (χ2n) is 10.3. The predicted octanol–water partition coefficient (Wildman–Crippen LogP) is 8.31. The molecule has 6 nitrogen and oxygen atoms in total. The van der Waals surface area contributed by atoms with Crippen LogP contribution in [0.5, 0.6) is 11.5 Å². The zero-order valence-electron chi connectivity index (χ0n) is 24.5. The van der Waals surface area contributed by atoms with Crippen LogP contribution in [0, 0.1) is 0 Å². The molecule has 0 aliphatic carbocycles. The number of alkyl halides is 6. The van der Waals surface area contributed by atoms with E-state index in [0.717, 1.165) is 17.6 Å². The van der Waals surface area contributed by atoms with E-state index in [1.54, 1.807) is 12.1 Å². The lowest BCUT2D eigenvalue weighted by molar-refractivity contribution is -0.143. The number of carbonyl (C=O) groups excluding carboxylic acids is 1. The number of ether oxygens (including phenoxy) is 3. The average Bonchev–Trinajstić information content (AvgIpc) is 2.97. The monoisotopic (exact) mass is 646 g/mol. The first kappa shape index (κ1) is 34.7. The van der Waals surface area contributed by atoms with Crippen LogP contribution in [0.25, 0.3) is 0 Å². The molecule has 3 aromatic carbocycles.